The zero-order chi connectivity index (χ0) is 12.5. The van der Waals surface area contributed by atoms with E-state index in [2.05, 4.69) is 67.6 Å². The molecule has 2 heterocycles. The third kappa shape index (κ3) is 2.13. The number of alkyl halides is 2. The van der Waals surface area contributed by atoms with Crippen LogP contribution >= 0.6 is 55.0 Å². The molecule has 0 nitrogen and oxygen atoms in total. The van der Waals surface area contributed by atoms with E-state index in [0.717, 1.165) is 10.7 Å². The molecule has 0 fully saturated rings. The van der Waals surface area contributed by atoms with Gasteiger partial charge >= 0.3 is 0 Å². The minimum atomic E-state index is 0.890. The summed E-state index contributed by atoms with van der Waals surface area (Å²) in [7, 11) is 0. The summed E-state index contributed by atoms with van der Waals surface area (Å²) in [6.45, 7) is 0. The van der Waals surface area contributed by atoms with E-state index in [1.165, 1.54) is 31.4 Å². The van der Waals surface area contributed by atoms with Crippen molar-refractivity contribution in [3.05, 3.63) is 46.8 Å². The van der Waals surface area contributed by atoms with E-state index in [1.807, 2.05) is 23.1 Å². The molecule has 1 aromatic heterocycles. The molecule has 1 aromatic carbocycles. The van der Waals surface area contributed by atoms with Crippen LogP contribution in [0.2, 0.25) is 0 Å². The Kier molecular flexibility index (Phi) is 3.99. The van der Waals surface area contributed by atoms with Crippen molar-refractivity contribution in [2.75, 3.05) is 10.7 Å². The Hall–Kier alpha value is -0.0300. The molecule has 0 saturated carbocycles. The van der Waals surface area contributed by atoms with Gasteiger partial charge in [-0.25, -0.2) is 0 Å². The van der Waals surface area contributed by atoms with Crippen LogP contribution in [-0.4, -0.2) is 10.7 Å². The fourth-order valence-electron chi connectivity index (χ4n) is 2.13. The molecule has 18 heavy (non-hydrogen) atoms. The molecule has 0 unspecified atom stereocenters. The van der Waals surface area contributed by atoms with E-state index in [-0.39, 0.29) is 0 Å². The van der Waals surface area contributed by atoms with Crippen LogP contribution in [0.25, 0.3) is 11.1 Å². The molecule has 2 aromatic rings. The smallest absolute Gasteiger partial charge is 0.0722 e. The molecule has 4 heteroatoms. The lowest BCUT2D eigenvalue weighted by atomic mass is 9.99. The fourth-order valence-corrected chi connectivity index (χ4v) is 5.64. The van der Waals surface area contributed by atoms with E-state index in [4.69, 9.17) is 0 Å². The lowest BCUT2D eigenvalue weighted by Crippen LogP contribution is -1.94. The van der Waals surface area contributed by atoms with Gasteiger partial charge in [-0.1, -0.05) is 61.8 Å². The van der Waals surface area contributed by atoms with Gasteiger partial charge in [-0.2, -0.15) is 0 Å². The zero-order valence-corrected chi connectivity index (χ0v) is 14.3. The standard InChI is InChI=1S/C14H10Br2S2/c15-7-11-9-3-1-2-4-13(9)18-14-10(5-6-17-14)12(11)8-16/h1-6H,7-8H2. The van der Waals surface area contributed by atoms with Crippen molar-refractivity contribution >= 4 is 66.1 Å². The third-order valence-electron chi connectivity index (χ3n) is 3.00. The van der Waals surface area contributed by atoms with Crippen LogP contribution in [0, 0.1) is 0 Å². The summed E-state index contributed by atoms with van der Waals surface area (Å²) in [6, 6.07) is 10.9. The molecule has 0 radical (unpaired) electrons. The molecule has 0 atom stereocenters. The minimum Gasteiger partial charge on any atom is -0.136 e. The van der Waals surface area contributed by atoms with Crippen molar-refractivity contribution in [1.29, 1.82) is 0 Å². The van der Waals surface area contributed by atoms with Crippen molar-refractivity contribution in [2.45, 2.75) is 9.10 Å². The van der Waals surface area contributed by atoms with Gasteiger partial charge in [0.05, 0.1) is 4.21 Å². The molecular weight excluding hydrogens is 392 g/mol. The largest absolute Gasteiger partial charge is 0.136 e. The predicted octanol–water partition coefficient (Wildman–Crippen LogP) is 5.91. The van der Waals surface area contributed by atoms with Gasteiger partial charge in [-0.15, -0.1) is 11.3 Å². The molecule has 0 amide bonds. The highest BCUT2D eigenvalue weighted by Crippen LogP contribution is 2.47. The number of rotatable bonds is 2. The summed E-state index contributed by atoms with van der Waals surface area (Å²) in [5, 5.41) is 3.97. The Bertz CT molecular complexity index is 614. The Labute approximate surface area is 132 Å². The lowest BCUT2D eigenvalue weighted by Gasteiger charge is -2.10. The Balaban J connectivity index is 2.32. The van der Waals surface area contributed by atoms with Gasteiger partial charge in [-0.05, 0) is 34.2 Å². The second-order valence-electron chi connectivity index (χ2n) is 3.94. The van der Waals surface area contributed by atoms with Crippen molar-refractivity contribution in [3.8, 4) is 0 Å². The summed E-state index contributed by atoms with van der Waals surface area (Å²) in [4.78, 5) is 1.35. The number of allylic oxidation sites excluding steroid dienone is 2. The maximum absolute atomic E-state index is 3.65. The van der Waals surface area contributed by atoms with Crippen LogP contribution in [0.4, 0.5) is 0 Å². The zero-order valence-electron chi connectivity index (χ0n) is 9.45. The molecule has 0 aliphatic carbocycles. The molecule has 0 spiro atoms. The summed E-state index contributed by atoms with van der Waals surface area (Å²) < 4.78 is 1.40. The SMILES string of the molecule is BrCC1=C(CBr)c2ccsc2Sc2ccccc21. The van der Waals surface area contributed by atoms with Gasteiger partial charge in [0.25, 0.3) is 0 Å². The molecule has 92 valence electrons. The van der Waals surface area contributed by atoms with Gasteiger partial charge in [0.1, 0.15) is 0 Å². The number of thiophene rings is 1. The quantitative estimate of drug-likeness (QED) is 0.563. The van der Waals surface area contributed by atoms with Crippen LogP contribution in [0.1, 0.15) is 11.1 Å². The van der Waals surface area contributed by atoms with Crippen LogP contribution < -0.4 is 0 Å². The number of hydrogen-bond donors (Lipinski definition) is 0. The average Bonchev–Trinajstić information content (AvgIpc) is 2.80. The van der Waals surface area contributed by atoms with E-state index < -0.39 is 0 Å². The van der Waals surface area contributed by atoms with Gasteiger partial charge < -0.3 is 0 Å². The first-order valence-corrected chi connectivity index (χ1v) is 9.48. The molecule has 0 saturated heterocycles. The summed E-state index contributed by atoms with van der Waals surface area (Å²) >= 11 is 11.0. The van der Waals surface area contributed by atoms with Crippen molar-refractivity contribution in [1.82, 2.24) is 0 Å². The highest BCUT2D eigenvalue weighted by Gasteiger charge is 2.21. The van der Waals surface area contributed by atoms with Crippen molar-refractivity contribution in [2.24, 2.45) is 0 Å². The molecule has 0 bridgehead atoms. The maximum Gasteiger partial charge on any atom is 0.0722 e. The second kappa shape index (κ2) is 5.53. The maximum atomic E-state index is 3.65. The van der Waals surface area contributed by atoms with Gasteiger partial charge in [0.2, 0.25) is 0 Å². The first-order valence-electron chi connectivity index (χ1n) is 5.54. The average molecular weight is 402 g/mol. The molecule has 0 N–H and O–H groups in total. The molecular formula is C14H10Br2S2. The van der Waals surface area contributed by atoms with E-state index in [9.17, 15) is 0 Å². The third-order valence-corrected chi connectivity index (χ3v) is 6.35. The highest BCUT2D eigenvalue weighted by molar-refractivity contribution is 9.09. The molecule has 1 aliphatic heterocycles. The molecule has 1 aliphatic rings. The van der Waals surface area contributed by atoms with E-state index in [1.54, 1.807) is 0 Å². The summed E-state index contributed by atoms with van der Waals surface area (Å²) in [5.41, 5.74) is 5.54. The van der Waals surface area contributed by atoms with Gasteiger partial charge in [-0.3, -0.25) is 0 Å². The number of fused-ring (bicyclic) bond motifs is 2. The Morgan fingerprint density at radius 2 is 1.61 bits per heavy atom. The number of hydrogen-bond acceptors (Lipinski definition) is 2. The topological polar surface area (TPSA) is 0 Å². The number of benzene rings is 1. The Morgan fingerprint density at radius 1 is 0.889 bits per heavy atom. The fraction of sp³-hybridized carbons (Fsp3) is 0.143. The second-order valence-corrected chi connectivity index (χ2v) is 7.29. The Morgan fingerprint density at radius 3 is 2.39 bits per heavy atom. The van der Waals surface area contributed by atoms with Crippen LogP contribution in [-0.2, 0) is 0 Å². The van der Waals surface area contributed by atoms with Crippen molar-refractivity contribution in [3.63, 3.8) is 0 Å². The first kappa shape index (κ1) is 13.0. The van der Waals surface area contributed by atoms with Gasteiger partial charge in [0.15, 0.2) is 0 Å². The lowest BCUT2D eigenvalue weighted by molar-refractivity contribution is 1.39. The van der Waals surface area contributed by atoms with Crippen LogP contribution in [0.3, 0.4) is 0 Å². The minimum absolute atomic E-state index is 0.890. The highest BCUT2D eigenvalue weighted by atomic mass is 79.9. The normalized spacial score (nSPS) is 14.1. The monoisotopic (exact) mass is 400 g/mol. The van der Waals surface area contributed by atoms with Crippen LogP contribution in [0.15, 0.2) is 44.8 Å². The predicted molar refractivity (Wildman–Crippen MR) is 89.3 cm³/mol. The first-order chi connectivity index (χ1) is 8.85. The molecule has 3 rings (SSSR count). The van der Waals surface area contributed by atoms with E-state index >= 15 is 0 Å². The van der Waals surface area contributed by atoms with Crippen LogP contribution in [0.5, 0.6) is 0 Å². The van der Waals surface area contributed by atoms with Gasteiger partial charge in [0, 0.05) is 21.1 Å². The van der Waals surface area contributed by atoms with E-state index in [0.29, 0.717) is 0 Å². The summed E-state index contributed by atoms with van der Waals surface area (Å²) in [5.74, 6) is 0. The van der Waals surface area contributed by atoms with Crippen molar-refractivity contribution < 1.29 is 0 Å². The summed E-state index contributed by atoms with van der Waals surface area (Å²) in [6.07, 6.45) is 0. The number of halogens is 2.